The normalized spacial score (nSPS) is 10.6. The maximum Gasteiger partial charge on any atom is 0.248 e. The molecule has 0 saturated carbocycles. The molecule has 0 spiro atoms. The number of nitrogens with one attached hydrogen (secondary N) is 1. The number of benzene rings is 1. The third-order valence-electron chi connectivity index (χ3n) is 2.68. The van der Waals surface area contributed by atoms with Crippen molar-refractivity contribution in [1.82, 2.24) is 19.7 Å². The van der Waals surface area contributed by atoms with Gasteiger partial charge >= 0.3 is 0 Å². The van der Waals surface area contributed by atoms with E-state index in [9.17, 15) is 4.39 Å². The van der Waals surface area contributed by atoms with Gasteiger partial charge in [0.1, 0.15) is 5.82 Å². The predicted molar refractivity (Wildman–Crippen MR) is 78.3 cm³/mol. The summed E-state index contributed by atoms with van der Waals surface area (Å²) in [5, 5.41) is 7.20. The number of nitrogen functional groups attached to an aromatic ring is 1. The monoisotopic (exact) mass is 304 g/mol. The van der Waals surface area contributed by atoms with Gasteiger partial charge in [0.05, 0.1) is 5.69 Å². The van der Waals surface area contributed by atoms with E-state index >= 15 is 0 Å². The molecule has 0 aliphatic heterocycles. The van der Waals surface area contributed by atoms with Crippen LogP contribution in [0.1, 0.15) is 0 Å². The van der Waals surface area contributed by atoms with E-state index in [1.54, 1.807) is 30.5 Å². The topological polar surface area (TPSA) is 81.6 Å². The minimum atomic E-state index is -0.504. The highest BCUT2D eigenvalue weighted by Gasteiger charge is 2.11. The first kappa shape index (κ1) is 13.3. The number of nitrogens with zero attached hydrogens (tertiary/aromatic N) is 4. The van der Waals surface area contributed by atoms with Gasteiger partial charge in [-0.1, -0.05) is 17.7 Å². The van der Waals surface area contributed by atoms with Gasteiger partial charge in [0.15, 0.2) is 5.82 Å². The van der Waals surface area contributed by atoms with Gasteiger partial charge < -0.3 is 11.1 Å². The average molecular weight is 305 g/mol. The van der Waals surface area contributed by atoms with Crippen LogP contribution in [0.5, 0.6) is 0 Å². The summed E-state index contributed by atoms with van der Waals surface area (Å²) in [6.45, 7) is 0. The summed E-state index contributed by atoms with van der Waals surface area (Å²) in [6.07, 6.45) is 1.61. The van der Waals surface area contributed by atoms with Crippen molar-refractivity contribution in [3.05, 3.63) is 53.4 Å². The van der Waals surface area contributed by atoms with E-state index in [0.29, 0.717) is 10.8 Å². The Morgan fingerprint density at radius 2 is 2.10 bits per heavy atom. The maximum absolute atomic E-state index is 13.7. The molecule has 6 nitrogen and oxygen atoms in total. The van der Waals surface area contributed by atoms with Crippen LogP contribution in [0.4, 0.5) is 22.0 Å². The Labute approximate surface area is 124 Å². The Morgan fingerprint density at radius 1 is 1.24 bits per heavy atom. The number of halogens is 2. The van der Waals surface area contributed by atoms with Crippen molar-refractivity contribution in [2.24, 2.45) is 0 Å². The third kappa shape index (κ3) is 2.77. The molecule has 0 fully saturated rings. The van der Waals surface area contributed by atoms with Crippen LogP contribution in [0.3, 0.4) is 0 Å². The number of hydrogen-bond acceptors (Lipinski definition) is 5. The Balaban J connectivity index is 1.91. The zero-order valence-electron chi connectivity index (χ0n) is 10.7. The van der Waals surface area contributed by atoms with Crippen molar-refractivity contribution in [2.75, 3.05) is 11.1 Å². The van der Waals surface area contributed by atoms with Crippen molar-refractivity contribution in [1.29, 1.82) is 0 Å². The van der Waals surface area contributed by atoms with Gasteiger partial charge in [0.25, 0.3) is 0 Å². The van der Waals surface area contributed by atoms with Crippen molar-refractivity contribution in [3.8, 4) is 5.82 Å². The second kappa shape index (κ2) is 5.37. The summed E-state index contributed by atoms with van der Waals surface area (Å²) in [7, 11) is 0. The van der Waals surface area contributed by atoms with Crippen molar-refractivity contribution in [2.45, 2.75) is 0 Å². The van der Waals surface area contributed by atoms with Gasteiger partial charge in [-0.15, -0.1) is 5.10 Å². The second-order valence-corrected chi connectivity index (χ2v) is 4.58. The molecule has 3 rings (SSSR count). The minimum Gasteiger partial charge on any atom is -0.368 e. The third-order valence-corrected chi connectivity index (χ3v) is 2.91. The van der Waals surface area contributed by atoms with E-state index in [-0.39, 0.29) is 17.6 Å². The molecule has 0 radical (unpaired) electrons. The predicted octanol–water partition coefficient (Wildman–Crippen LogP) is 2.78. The van der Waals surface area contributed by atoms with E-state index < -0.39 is 5.82 Å². The number of pyridine rings is 1. The van der Waals surface area contributed by atoms with E-state index in [2.05, 4.69) is 20.4 Å². The fraction of sp³-hybridized carbons (Fsp3) is 0. The summed E-state index contributed by atoms with van der Waals surface area (Å²) in [6, 6.07) is 9.57. The Bertz CT molecular complexity index is 774. The molecular formula is C13H10ClFN6. The fourth-order valence-electron chi connectivity index (χ4n) is 1.74. The molecule has 0 amide bonds. The quantitative estimate of drug-likeness (QED) is 0.777. The molecule has 2 aromatic heterocycles. The lowest BCUT2D eigenvalue weighted by molar-refractivity contribution is 0.631. The molecule has 106 valence electrons. The van der Waals surface area contributed by atoms with Gasteiger partial charge in [-0.2, -0.15) is 9.67 Å². The van der Waals surface area contributed by atoms with Crippen LogP contribution in [0.25, 0.3) is 5.82 Å². The number of hydrogen-bond donors (Lipinski definition) is 2. The molecule has 8 heteroatoms. The molecule has 0 bridgehead atoms. The zero-order chi connectivity index (χ0) is 14.8. The first-order valence-corrected chi connectivity index (χ1v) is 6.37. The van der Waals surface area contributed by atoms with Gasteiger partial charge in [0.2, 0.25) is 11.9 Å². The van der Waals surface area contributed by atoms with Crippen LogP contribution in [0, 0.1) is 5.82 Å². The smallest absolute Gasteiger partial charge is 0.248 e. The van der Waals surface area contributed by atoms with Crippen molar-refractivity contribution >= 4 is 29.2 Å². The largest absolute Gasteiger partial charge is 0.368 e. The number of aromatic nitrogens is 4. The summed E-state index contributed by atoms with van der Waals surface area (Å²) < 4.78 is 15.1. The number of rotatable bonds is 3. The van der Waals surface area contributed by atoms with Gasteiger partial charge in [-0.25, -0.2) is 9.37 Å². The van der Waals surface area contributed by atoms with Crippen molar-refractivity contribution < 1.29 is 4.39 Å². The number of nitrogens with two attached hydrogens (primary N) is 1. The fourth-order valence-corrected chi connectivity index (χ4v) is 1.89. The molecule has 0 saturated heterocycles. The summed E-state index contributed by atoms with van der Waals surface area (Å²) >= 11 is 5.70. The highest BCUT2D eigenvalue weighted by Crippen LogP contribution is 2.22. The summed E-state index contributed by atoms with van der Waals surface area (Å²) in [4.78, 5) is 8.15. The highest BCUT2D eigenvalue weighted by atomic mass is 35.5. The SMILES string of the molecule is Nc1nc(Nc2ccc(Cl)cc2F)nn1-c1ccccn1. The van der Waals surface area contributed by atoms with Crippen LogP contribution in [-0.4, -0.2) is 19.7 Å². The Kier molecular flexibility index (Phi) is 3.41. The van der Waals surface area contributed by atoms with E-state index in [4.69, 9.17) is 17.3 Å². The molecular weight excluding hydrogens is 295 g/mol. The highest BCUT2D eigenvalue weighted by molar-refractivity contribution is 6.30. The van der Waals surface area contributed by atoms with Gasteiger partial charge in [-0.3, -0.25) is 0 Å². The van der Waals surface area contributed by atoms with Gasteiger partial charge in [-0.05, 0) is 30.3 Å². The second-order valence-electron chi connectivity index (χ2n) is 4.14. The number of anilines is 3. The molecule has 3 aromatic rings. The lowest BCUT2D eigenvalue weighted by Crippen LogP contribution is -2.04. The molecule has 2 heterocycles. The first-order chi connectivity index (χ1) is 10.1. The van der Waals surface area contributed by atoms with E-state index in [0.717, 1.165) is 0 Å². The standard InChI is InChI=1S/C13H10ClFN6/c14-8-4-5-10(9(15)7-8)18-13-19-12(16)21(20-13)11-3-1-2-6-17-11/h1-7H,(H3,16,18,19,20). The van der Waals surface area contributed by atoms with Crippen LogP contribution in [0.15, 0.2) is 42.6 Å². The molecule has 0 atom stereocenters. The lowest BCUT2D eigenvalue weighted by Gasteiger charge is -2.03. The molecule has 0 aliphatic carbocycles. The molecule has 1 aromatic carbocycles. The van der Waals surface area contributed by atoms with Crippen LogP contribution < -0.4 is 11.1 Å². The zero-order valence-corrected chi connectivity index (χ0v) is 11.4. The van der Waals surface area contributed by atoms with E-state index in [1.807, 2.05) is 0 Å². The average Bonchev–Trinajstić information content (AvgIpc) is 2.84. The van der Waals surface area contributed by atoms with E-state index in [1.165, 1.54) is 16.8 Å². The van der Waals surface area contributed by atoms with Crippen molar-refractivity contribution in [3.63, 3.8) is 0 Å². The molecule has 3 N–H and O–H groups in total. The lowest BCUT2D eigenvalue weighted by atomic mass is 10.3. The summed E-state index contributed by atoms with van der Waals surface area (Å²) in [5.74, 6) is 0.326. The van der Waals surface area contributed by atoms with Crippen LogP contribution in [0.2, 0.25) is 5.02 Å². The van der Waals surface area contributed by atoms with Crippen LogP contribution in [-0.2, 0) is 0 Å². The molecule has 21 heavy (non-hydrogen) atoms. The summed E-state index contributed by atoms with van der Waals surface area (Å²) in [5.41, 5.74) is 5.99. The minimum absolute atomic E-state index is 0.144. The van der Waals surface area contributed by atoms with Gasteiger partial charge in [0, 0.05) is 11.2 Å². The Morgan fingerprint density at radius 3 is 2.81 bits per heavy atom. The van der Waals surface area contributed by atoms with Crippen LogP contribution >= 0.6 is 11.6 Å². The Hall–Kier alpha value is -2.67. The maximum atomic E-state index is 13.7. The first-order valence-electron chi connectivity index (χ1n) is 5.99. The molecule has 0 aliphatic rings. The molecule has 0 unspecified atom stereocenters.